The van der Waals surface area contributed by atoms with Crippen LogP contribution < -0.4 is 9.64 Å². The monoisotopic (exact) mass is 271 g/mol. The molecule has 0 aliphatic rings. The molecular formula is C13H21NO3S. The number of rotatable bonds is 7. The second kappa shape index (κ2) is 6.64. The van der Waals surface area contributed by atoms with Gasteiger partial charge in [-0.05, 0) is 26.0 Å². The number of hydrogen-bond acceptors (Lipinski definition) is 4. The smallest absolute Gasteiger partial charge is 0.149 e. The zero-order valence-electron chi connectivity index (χ0n) is 11.2. The van der Waals surface area contributed by atoms with Crippen LogP contribution in [0.2, 0.25) is 0 Å². The molecule has 0 fully saturated rings. The highest BCUT2D eigenvalue weighted by Gasteiger charge is 2.12. The van der Waals surface area contributed by atoms with Crippen molar-refractivity contribution in [3.05, 3.63) is 24.3 Å². The van der Waals surface area contributed by atoms with E-state index in [-0.39, 0.29) is 5.75 Å². The lowest BCUT2D eigenvalue weighted by molar-refractivity contribution is 0.340. The highest BCUT2D eigenvalue weighted by atomic mass is 32.2. The molecule has 102 valence electrons. The van der Waals surface area contributed by atoms with Crippen LogP contribution in [0, 0.1) is 0 Å². The lowest BCUT2D eigenvalue weighted by Crippen LogP contribution is -2.29. The third kappa shape index (κ3) is 4.56. The molecule has 0 radical (unpaired) electrons. The SMILES string of the molecule is CCOc1ccccc1N(CC)CCS(C)(=O)=O. The summed E-state index contributed by atoms with van der Waals surface area (Å²) in [6.45, 7) is 5.77. The van der Waals surface area contributed by atoms with E-state index in [9.17, 15) is 8.42 Å². The van der Waals surface area contributed by atoms with E-state index >= 15 is 0 Å². The maximum Gasteiger partial charge on any atom is 0.149 e. The Morgan fingerprint density at radius 2 is 1.89 bits per heavy atom. The number of sulfone groups is 1. The summed E-state index contributed by atoms with van der Waals surface area (Å²) in [6, 6.07) is 7.71. The molecule has 18 heavy (non-hydrogen) atoms. The number of ether oxygens (including phenoxy) is 1. The number of para-hydroxylation sites is 2. The molecule has 5 heteroatoms. The lowest BCUT2D eigenvalue weighted by Gasteiger charge is -2.25. The maximum absolute atomic E-state index is 11.2. The maximum atomic E-state index is 11.2. The quantitative estimate of drug-likeness (QED) is 0.760. The van der Waals surface area contributed by atoms with Gasteiger partial charge in [0.05, 0.1) is 18.0 Å². The van der Waals surface area contributed by atoms with Crippen molar-refractivity contribution in [3.63, 3.8) is 0 Å². The number of nitrogens with zero attached hydrogens (tertiary/aromatic N) is 1. The minimum atomic E-state index is -2.94. The molecule has 0 saturated heterocycles. The first-order chi connectivity index (χ1) is 8.48. The van der Waals surface area contributed by atoms with E-state index in [1.54, 1.807) is 0 Å². The van der Waals surface area contributed by atoms with E-state index < -0.39 is 9.84 Å². The van der Waals surface area contributed by atoms with Crippen LogP contribution in [-0.4, -0.2) is 40.1 Å². The van der Waals surface area contributed by atoms with Gasteiger partial charge >= 0.3 is 0 Å². The Morgan fingerprint density at radius 3 is 2.44 bits per heavy atom. The minimum absolute atomic E-state index is 0.154. The summed E-state index contributed by atoms with van der Waals surface area (Å²) < 4.78 is 28.0. The van der Waals surface area contributed by atoms with Crippen molar-refractivity contribution in [3.8, 4) is 5.75 Å². The van der Waals surface area contributed by atoms with Crippen LogP contribution in [-0.2, 0) is 9.84 Å². The Kier molecular flexibility index (Phi) is 5.47. The molecule has 4 nitrogen and oxygen atoms in total. The third-order valence-corrected chi connectivity index (χ3v) is 3.54. The molecule has 0 atom stereocenters. The van der Waals surface area contributed by atoms with Crippen LogP contribution >= 0.6 is 0 Å². The summed E-state index contributed by atoms with van der Waals surface area (Å²) >= 11 is 0. The fourth-order valence-electron chi connectivity index (χ4n) is 1.72. The van der Waals surface area contributed by atoms with Crippen LogP contribution in [0.3, 0.4) is 0 Å². The van der Waals surface area contributed by atoms with Crippen LogP contribution in [0.25, 0.3) is 0 Å². The molecule has 0 aliphatic carbocycles. The van der Waals surface area contributed by atoms with Gasteiger partial charge in [-0.2, -0.15) is 0 Å². The predicted octanol–water partition coefficient (Wildman–Crippen LogP) is 1.96. The van der Waals surface area contributed by atoms with Gasteiger partial charge in [0.25, 0.3) is 0 Å². The Morgan fingerprint density at radius 1 is 1.22 bits per heavy atom. The van der Waals surface area contributed by atoms with Gasteiger partial charge in [0.1, 0.15) is 15.6 Å². The average Bonchev–Trinajstić information content (AvgIpc) is 2.31. The molecule has 0 aromatic heterocycles. The highest BCUT2D eigenvalue weighted by molar-refractivity contribution is 7.90. The van der Waals surface area contributed by atoms with E-state index in [0.717, 1.165) is 18.0 Å². The van der Waals surface area contributed by atoms with Crippen LogP contribution in [0.4, 0.5) is 5.69 Å². The first kappa shape index (κ1) is 14.8. The Labute approximate surface area is 109 Å². The Hall–Kier alpha value is -1.23. The molecule has 0 bridgehead atoms. The summed E-state index contributed by atoms with van der Waals surface area (Å²) in [6.07, 6.45) is 1.26. The van der Waals surface area contributed by atoms with Crippen molar-refractivity contribution in [2.45, 2.75) is 13.8 Å². The minimum Gasteiger partial charge on any atom is -0.492 e. The fraction of sp³-hybridized carbons (Fsp3) is 0.538. The van der Waals surface area contributed by atoms with Gasteiger partial charge in [-0.3, -0.25) is 0 Å². The molecule has 0 spiro atoms. The zero-order chi connectivity index (χ0) is 13.6. The topological polar surface area (TPSA) is 46.6 Å². The first-order valence-corrected chi connectivity index (χ1v) is 8.18. The molecule has 0 aliphatic heterocycles. The van der Waals surface area contributed by atoms with Crippen molar-refractivity contribution in [2.75, 3.05) is 36.6 Å². The predicted molar refractivity (Wildman–Crippen MR) is 75.2 cm³/mol. The summed E-state index contributed by atoms with van der Waals surface area (Å²) in [4.78, 5) is 2.02. The summed E-state index contributed by atoms with van der Waals surface area (Å²) in [5.41, 5.74) is 0.950. The highest BCUT2D eigenvalue weighted by Crippen LogP contribution is 2.27. The van der Waals surface area contributed by atoms with E-state index in [0.29, 0.717) is 13.2 Å². The molecule has 1 aromatic rings. The van der Waals surface area contributed by atoms with Crippen molar-refractivity contribution in [1.29, 1.82) is 0 Å². The molecular weight excluding hydrogens is 250 g/mol. The van der Waals surface area contributed by atoms with Crippen LogP contribution in [0.1, 0.15) is 13.8 Å². The molecule has 1 rings (SSSR count). The second-order valence-electron chi connectivity index (χ2n) is 4.11. The van der Waals surface area contributed by atoms with Crippen LogP contribution in [0.5, 0.6) is 5.75 Å². The normalized spacial score (nSPS) is 11.3. The van der Waals surface area contributed by atoms with Gasteiger partial charge in [0, 0.05) is 19.3 Å². The van der Waals surface area contributed by atoms with Gasteiger partial charge in [-0.1, -0.05) is 12.1 Å². The average molecular weight is 271 g/mol. The number of benzene rings is 1. The van der Waals surface area contributed by atoms with E-state index in [1.165, 1.54) is 6.26 Å². The Bertz CT molecular complexity index is 471. The molecule has 0 heterocycles. The van der Waals surface area contributed by atoms with Gasteiger partial charge in [-0.15, -0.1) is 0 Å². The molecule has 0 N–H and O–H groups in total. The van der Waals surface area contributed by atoms with Crippen molar-refractivity contribution in [1.82, 2.24) is 0 Å². The van der Waals surface area contributed by atoms with Crippen molar-refractivity contribution in [2.24, 2.45) is 0 Å². The van der Waals surface area contributed by atoms with Gasteiger partial charge < -0.3 is 9.64 Å². The standard InChI is InChI=1S/C13H21NO3S/c1-4-14(10-11-18(3,15)16)12-8-6-7-9-13(12)17-5-2/h6-9H,4-5,10-11H2,1-3H3. The fourth-order valence-corrected chi connectivity index (χ4v) is 2.27. The van der Waals surface area contributed by atoms with E-state index in [1.807, 2.05) is 43.0 Å². The third-order valence-electron chi connectivity index (χ3n) is 2.62. The number of hydrogen-bond donors (Lipinski definition) is 0. The van der Waals surface area contributed by atoms with Gasteiger partial charge in [0.15, 0.2) is 0 Å². The van der Waals surface area contributed by atoms with E-state index in [2.05, 4.69) is 0 Å². The first-order valence-electron chi connectivity index (χ1n) is 6.12. The lowest BCUT2D eigenvalue weighted by atomic mass is 10.2. The van der Waals surface area contributed by atoms with Gasteiger partial charge in [0.2, 0.25) is 0 Å². The largest absolute Gasteiger partial charge is 0.492 e. The van der Waals surface area contributed by atoms with E-state index in [4.69, 9.17) is 4.74 Å². The molecule has 1 aromatic carbocycles. The van der Waals surface area contributed by atoms with Gasteiger partial charge in [-0.25, -0.2) is 8.42 Å². The van der Waals surface area contributed by atoms with Crippen molar-refractivity contribution < 1.29 is 13.2 Å². The summed E-state index contributed by atoms with van der Waals surface area (Å²) in [5, 5.41) is 0. The summed E-state index contributed by atoms with van der Waals surface area (Å²) in [7, 11) is -2.94. The molecule has 0 saturated carbocycles. The zero-order valence-corrected chi connectivity index (χ0v) is 12.0. The van der Waals surface area contributed by atoms with Crippen LogP contribution in [0.15, 0.2) is 24.3 Å². The summed E-state index contributed by atoms with van der Waals surface area (Å²) in [5.74, 6) is 0.955. The van der Waals surface area contributed by atoms with Crippen molar-refractivity contribution >= 4 is 15.5 Å². The second-order valence-corrected chi connectivity index (χ2v) is 6.37. The molecule has 0 unspecified atom stereocenters. The number of anilines is 1. The Balaban J connectivity index is 2.87. The molecule has 0 amide bonds.